The Morgan fingerprint density at radius 1 is 1.35 bits per heavy atom. The van der Waals surface area contributed by atoms with Gasteiger partial charge in [0, 0.05) is 26.7 Å². The first kappa shape index (κ1) is 23.2. The summed E-state index contributed by atoms with van der Waals surface area (Å²) in [6.45, 7) is 7.23. The van der Waals surface area contributed by atoms with E-state index in [-0.39, 0.29) is 28.9 Å². The minimum absolute atomic E-state index is 0. The van der Waals surface area contributed by atoms with Crippen molar-refractivity contribution >= 4 is 40.0 Å². The van der Waals surface area contributed by atoms with Gasteiger partial charge < -0.3 is 10.2 Å². The number of piperidine rings is 1. The molecule has 0 aliphatic carbocycles. The molecule has 1 aliphatic heterocycles. The van der Waals surface area contributed by atoms with Gasteiger partial charge in [0.15, 0.2) is 5.96 Å². The van der Waals surface area contributed by atoms with Crippen molar-refractivity contribution in [3.8, 4) is 0 Å². The number of nitrogens with two attached hydrogens (primary N) is 1. The zero-order valence-electron chi connectivity index (χ0n) is 15.9. The molecular formula is C18H31IN4O2S. The van der Waals surface area contributed by atoms with E-state index in [0.717, 1.165) is 24.6 Å². The minimum atomic E-state index is -3.64. The Morgan fingerprint density at radius 3 is 2.54 bits per heavy atom. The third kappa shape index (κ3) is 6.38. The number of nitrogens with zero attached hydrogens (tertiary/aromatic N) is 2. The smallest absolute Gasteiger partial charge is 0.238 e. The summed E-state index contributed by atoms with van der Waals surface area (Å²) in [5, 5.41) is 8.52. The number of guanidine groups is 1. The molecule has 0 aromatic heterocycles. The van der Waals surface area contributed by atoms with Gasteiger partial charge in [0.2, 0.25) is 10.0 Å². The lowest BCUT2D eigenvalue weighted by Crippen LogP contribution is -2.49. The van der Waals surface area contributed by atoms with Gasteiger partial charge in [-0.15, -0.1) is 24.0 Å². The molecule has 148 valence electrons. The summed E-state index contributed by atoms with van der Waals surface area (Å²) in [5.41, 5.74) is 1.34. The lowest BCUT2D eigenvalue weighted by atomic mass is 9.78. The van der Waals surface area contributed by atoms with Crippen LogP contribution in [-0.2, 0) is 16.6 Å². The van der Waals surface area contributed by atoms with E-state index in [9.17, 15) is 8.42 Å². The van der Waals surface area contributed by atoms with Crippen LogP contribution in [0.2, 0.25) is 0 Å². The summed E-state index contributed by atoms with van der Waals surface area (Å²) in [6.07, 6.45) is 4.88. The van der Waals surface area contributed by atoms with Crippen molar-refractivity contribution in [1.29, 1.82) is 0 Å². The lowest BCUT2D eigenvalue weighted by Gasteiger charge is -2.42. The third-order valence-electron chi connectivity index (χ3n) is 4.85. The molecule has 6 nitrogen and oxygen atoms in total. The Labute approximate surface area is 174 Å². The summed E-state index contributed by atoms with van der Waals surface area (Å²) in [4.78, 5) is 6.89. The first-order valence-electron chi connectivity index (χ1n) is 8.85. The molecule has 1 aliphatic rings. The number of aliphatic imine (C=N–C) groups is 1. The van der Waals surface area contributed by atoms with E-state index in [4.69, 9.17) is 5.14 Å². The maximum atomic E-state index is 11.3. The monoisotopic (exact) mass is 494 g/mol. The predicted molar refractivity (Wildman–Crippen MR) is 117 cm³/mol. The molecule has 1 aromatic carbocycles. The molecule has 0 bridgehead atoms. The molecule has 0 amide bonds. The standard InChI is InChI=1S/C18H30N4O2S.HI/c1-4-10-18(2)11-5-12-22(14-18)17(20-3)21-13-15-6-8-16(9-7-15)25(19,23)24;/h6-9H,4-5,10-14H2,1-3H3,(H,20,21)(H2,19,23,24);1H. The number of likely N-dealkylation sites (tertiary alicyclic amines) is 1. The van der Waals surface area contributed by atoms with E-state index in [1.54, 1.807) is 19.2 Å². The molecular weight excluding hydrogens is 463 g/mol. The fourth-order valence-corrected chi connectivity index (χ4v) is 4.13. The van der Waals surface area contributed by atoms with Crippen molar-refractivity contribution < 1.29 is 8.42 Å². The Kier molecular flexibility index (Phi) is 8.81. The van der Waals surface area contributed by atoms with E-state index >= 15 is 0 Å². The molecule has 1 fully saturated rings. The molecule has 1 unspecified atom stereocenters. The second kappa shape index (κ2) is 9.89. The third-order valence-corrected chi connectivity index (χ3v) is 5.78. The SMILES string of the molecule is CCCC1(C)CCCN(C(=NC)NCc2ccc(S(N)(=O)=O)cc2)C1.I. The highest BCUT2D eigenvalue weighted by Crippen LogP contribution is 2.33. The van der Waals surface area contributed by atoms with Crippen LogP contribution in [0.5, 0.6) is 0 Å². The van der Waals surface area contributed by atoms with Crippen LogP contribution in [0.15, 0.2) is 34.2 Å². The van der Waals surface area contributed by atoms with Crippen molar-refractivity contribution in [2.24, 2.45) is 15.5 Å². The lowest BCUT2D eigenvalue weighted by molar-refractivity contribution is 0.142. The fraction of sp³-hybridized carbons (Fsp3) is 0.611. The molecule has 0 saturated carbocycles. The van der Waals surface area contributed by atoms with Crippen LogP contribution >= 0.6 is 24.0 Å². The summed E-state index contributed by atoms with van der Waals surface area (Å²) in [7, 11) is -1.84. The van der Waals surface area contributed by atoms with Crippen molar-refractivity contribution in [2.75, 3.05) is 20.1 Å². The van der Waals surface area contributed by atoms with E-state index in [1.165, 1.54) is 37.8 Å². The average molecular weight is 494 g/mol. The van der Waals surface area contributed by atoms with Gasteiger partial charge in [-0.05, 0) is 42.4 Å². The van der Waals surface area contributed by atoms with Crippen molar-refractivity contribution in [1.82, 2.24) is 10.2 Å². The number of hydrogen-bond donors (Lipinski definition) is 2. The Balaban J connectivity index is 0.00000338. The number of sulfonamides is 1. The van der Waals surface area contributed by atoms with Crippen LogP contribution in [0.25, 0.3) is 0 Å². The van der Waals surface area contributed by atoms with Gasteiger partial charge in [0.25, 0.3) is 0 Å². The maximum Gasteiger partial charge on any atom is 0.238 e. The fourth-order valence-electron chi connectivity index (χ4n) is 3.61. The van der Waals surface area contributed by atoms with Gasteiger partial charge in [-0.3, -0.25) is 4.99 Å². The number of hydrogen-bond acceptors (Lipinski definition) is 3. The highest BCUT2D eigenvalue weighted by atomic mass is 127. The topological polar surface area (TPSA) is 87.8 Å². The van der Waals surface area contributed by atoms with Gasteiger partial charge >= 0.3 is 0 Å². The van der Waals surface area contributed by atoms with Crippen LogP contribution in [0, 0.1) is 5.41 Å². The molecule has 8 heteroatoms. The number of nitrogens with one attached hydrogen (secondary N) is 1. The normalized spacial score (nSPS) is 21.2. The van der Waals surface area contributed by atoms with Gasteiger partial charge in [0.1, 0.15) is 0 Å². The van der Waals surface area contributed by atoms with Gasteiger partial charge in [-0.2, -0.15) is 0 Å². The van der Waals surface area contributed by atoms with Crippen LogP contribution in [0.3, 0.4) is 0 Å². The van der Waals surface area contributed by atoms with Crippen LogP contribution < -0.4 is 10.5 Å². The largest absolute Gasteiger partial charge is 0.352 e. The molecule has 0 radical (unpaired) electrons. The van der Waals surface area contributed by atoms with E-state index < -0.39 is 10.0 Å². The molecule has 2 rings (SSSR count). The number of benzene rings is 1. The molecule has 3 N–H and O–H groups in total. The quantitative estimate of drug-likeness (QED) is 0.375. The molecule has 1 heterocycles. The summed E-state index contributed by atoms with van der Waals surface area (Å²) >= 11 is 0. The van der Waals surface area contributed by atoms with Crippen molar-refractivity contribution in [2.45, 2.75) is 51.0 Å². The number of primary sulfonamides is 1. The van der Waals surface area contributed by atoms with Gasteiger partial charge in [-0.1, -0.05) is 32.4 Å². The van der Waals surface area contributed by atoms with E-state index in [1.807, 2.05) is 0 Å². The zero-order valence-corrected chi connectivity index (χ0v) is 19.0. The Hall–Kier alpha value is -0.870. The minimum Gasteiger partial charge on any atom is -0.352 e. The highest BCUT2D eigenvalue weighted by Gasteiger charge is 2.31. The average Bonchev–Trinajstić information content (AvgIpc) is 2.55. The second-order valence-corrected chi connectivity index (χ2v) is 8.74. The van der Waals surface area contributed by atoms with Gasteiger partial charge in [0.05, 0.1) is 4.90 Å². The molecule has 1 atom stereocenters. The van der Waals surface area contributed by atoms with E-state index in [2.05, 4.69) is 29.1 Å². The molecule has 1 aromatic rings. The van der Waals surface area contributed by atoms with Crippen molar-refractivity contribution in [3.63, 3.8) is 0 Å². The number of rotatable bonds is 5. The Morgan fingerprint density at radius 2 is 2.00 bits per heavy atom. The maximum absolute atomic E-state index is 11.3. The molecule has 0 spiro atoms. The Bertz CT molecular complexity index is 702. The summed E-state index contributed by atoms with van der Waals surface area (Å²) in [5.74, 6) is 0.901. The first-order valence-corrected chi connectivity index (χ1v) is 10.4. The summed E-state index contributed by atoms with van der Waals surface area (Å²) < 4.78 is 22.6. The van der Waals surface area contributed by atoms with E-state index in [0.29, 0.717) is 12.0 Å². The molecule has 1 saturated heterocycles. The van der Waals surface area contributed by atoms with Crippen LogP contribution in [0.1, 0.15) is 45.1 Å². The second-order valence-electron chi connectivity index (χ2n) is 7.18. The number of halogens is 1. The highest BCUT2D eigenvalue weighted by molar-refractivity contribution is 14.0. The van der Waals surface area contributed by atoms with Crippen LogP contribution in [-0.4, -0.2) is 39.4 Å². The predicted octanol–water partition coefficient (Wildman–Crippen LogP) is 2.93. The van der Waals surface area contributed by atoms with Crippen molar-refractivity contribution in [3.05, 3.63) is 29.8 Å². The first-order chi connectivity index (χ1) is 11.8. The zero-order chi connectivity index (χ0) is 18.5. The summed E-state index contributed by atoms with van der Waals surface area (Å²) in [6, 6.07) is 6.62. The molecule has 26 heavy (non-hydrogen) atoms. The van der Waals surface area contributed by atoms with Gasteiger partial charge in [-0.25, -0.2) is 13.6 Å². The van der Waals surface area contributed by atoms with Crippen LogP contribution in [0.4, 0.5) is 0 Å².